The van der Waals surface area contributed by atoms with Crippen LogP contribution in [0.4, 0.5) is 0 Å². The maximum atomic E-state index is 6.17. The molecule has 1 aromatic heterocycles. The zero-order chi connectivity index (χ0) is 16.2. The fourth-order valence-corrected chi connectivity index (χ4v) is 3.02. The van der Waals surface area contributed by atoms with Crippen LogP contribution in [0.2, 0.25) is 0 Å². The van der Waals surface area contributed by atoms with Crippen LogP contribution in [0.15, 0.2) is 36.7 Å². The van der Waals surface area contributed by atoms with Gasteiger partial charge < -0.3 is 9.47 Å². The van der Waals surface area contributed by atoms with Gasteiger partial charge in [0.15, 0.2) is 0 Å². The number of nitrogens with zero attached hydrogens (tertiary/aromatic N) is 1. The summed E-state index contributed by atoms with van der Waals surface area (Å²) < 4.78 is 12.1. The second-order valence-corrected chi connectivity index (χ2v) is 6.52. The van der Waals surface area contributed by atoms with Crippen LogP contribution in [0.25, 0.3) is 11.1 Å². The lowest BCUT2D eigenvalue weighted by Crippen LogP contribution is -2.13. The summed E-state index contributed by atoms with van der Waals surface area (Å²) in [6.07, 6.45) is 7.04. The molecule has 1 unspecified atom stereocenters. The summed E-state index contributed by atoms with van der Waals surface area (Å²) in [5.74, 6) is 2.53. The van der Waals surface area contributed by atoms with Crippen molar-refractivity contribution in [2.24, 2.45) is 5.92 Å². The summed E-state index contributed by atoms with van der Waals surface area (Å²) in [6.45, 7) is 7.38. The molecule has 1 aromatic carbocycles. The molecule has 0 N–H and O–H groups in total. The first kappa shape index (κ1) is 15.9. The van der Waals surface area contributed by atoms with Crippen molar-refractivity contribution in [3.05, 3.63) is 42.2 Å². The minimum Gasteiger partial charge on any atom is -0.493 e. The van der Waals surface area contributed by atoms with Crippen molar-refractivity contribution >= 4 is 0 Å². The highest BCUT2D eigenvalue weighted by molar-refractivity contribution is 5.76. The molecule has 0 radical (unpaired) electrons. The van der Waals surface area contributed by atoms with Crippen molar-refractivity contribution in [3.8, 4) is 22.6 Å². The number of aromatic nitrogens is 1. The molecule has 122 valence electrons. The van der Waals surface area contributed by atoms with Crippen LogP contribution >= 0.6 is 0 Å². The molecule has 2 heterocycles. The molecule has 1 aliphatic heterocycles. The van der Waals surface area contributed by atoms with E-state index in [1.165, 1.54) is 17.5 Å². The molecule has 0 amide bonds. The zero-order valence-electron chi connectivity index (χ0n) is 14.2. The van der Waals surface area contributed by atoms with Crippen molar-refractivity contribution in [2.45, 2.75) is 46.1 Å². The average molecular weight is 311 g/mol. The molecule has 0 bridgehead atoms. The summed E-state index contributed by atoms with van der Waals surface area (Å²) in [4.78, 5) is 4.25. The Morgan fingerprint density at radius 2 is 2.09 bits per heavy atom. The Labute approximate surface area is 138 Å². The molecular weight excluding hydrogens is 286 g/mol. The molecule has 1 aliphatic rings. The SMILES string of the molecule is CCC1Oc2cc(OCCCC(C)C)ccc2-c2ccncc21. The summed E-state index contributed by atoms with van der Waals surface area (Å²) in [7, 11) is 0. The number of benzene rings is 1. The van der Waals surface area contributed by atoms with Gasteiger partial charge in [0.25, 0.3) is 0 Å². The number of fused-ring (bicyclic) bond motifs is 3. The van der Waals surface area contributed by atoms with Gasteiger partial charge in [0.05, 0.1) is 6.61 Å². The second-order valence-electron chi connectivity index (χ2n) is 6.52. The molecule has 0 saturated heterocycles. The predicted octanol–water partition coefficient (Wildman–Crippen LogP) is 5.41. The first-order chi connectivity index (χ1) is 11.2. The molecule has 0 spiro atoms. The fourth-order valence-electron chi connectivity index (χ4n) is 3.02. The van der Waals surface area contributed by atoms with Crippen LogP contribution in [0.3, 0.4) is 0 Å². The first-order valence-corrected chi connectivity index (χ1v) is 8.56. The third-order valence-electron chi connectivity index (χ3n) is 4.28. The summed E-state index contributed by atoms with van der Waals surface area (Å²) in [6, 6.07) is 8.23. The minimum absolute atomic E-state index is 0.0717. The first-order valence-electron chi connectivity index (χ1n) is 8.56. The number of pyridine rings is 1. The van der Waals surface area contributed by atoms with Crippen molar-refractivity contribution < 1.29 is 9.47 Å². The maximum absolute atomic E-state index is 6.17. The lowest BCUT2D eigenvalue weighted by molar-refractivity contribution is 0.196. The van der Waals surface area contributed by atoms with Gasteiger partial charge in [0, 0.05) is 29.6 Å². The Kier molecular flexibility index (Phi) is 4.85. The van der Waals surface area contributed by atoms with Crippen LogP contribution in [0.5, 0.6) is 11.5 Å². The number of rotatable bonds is 6. The Bertz CT molecular complexity index is 666. The molecular formula is C20H25NO2. The molecule has 2 aromatic rings. The molecule has 3 rings (SSSR count). The quantitative estimate of drug-likeness (QED) is 0.669. The third-order valence-corrected chi connectivity index (χ3v) is 4.28. The highest BCUT2D eigenvalue weighted by atomic mass is 16.5. The van der Waals surface area contributed by atoms with Crippen molar-refractivity contribution in [2.75, 3.05) is 6.61 Å². The number of hydrogen-bond donors (Lipinski definition) is 0. The fraction of sp³-hybridized carbons (Fsp3) is 0.450. The van der Waals surface area contributed by atoms with Gasteiger partial charge in [-0.05, 0) is 48.9 Å². The van der Waals surface area contributed by atoms with Crippen LogP contribution < -0.4 is 9.47 Å². The van der Waals surface area contributed by atoms with E-state index in [0.717, 1.165) is 42.4 Å². The van der Waals surface area contributed by atoms with E-state index in [2.05, 4.69) is 37.9 Å². The van der Waals surface area contributed by atoms with Crippen molar-refractivity contribution in [1.82, 2.24) is 4.98 Å². The van der Waals surface area contributed by atoms with Crippen molar-refractivity contribution in [1.29, 1.82) is 0 Å². The lowest BCUT2D eigenvalue weighted by Gasteiger charge is -2.28. The molecule has 3 heteroatoms. The van der Waals surface area contributed by atoms with Crippen LogP contribution in [-0.2, 0) is 0 Å². The van der Waals surface area contributed by atoms with Gasteiger partial charge in [0.2, 0.25) is 0 Å². The molecule has 23 heavy (non-hydrogen) atoms. The van der Waals surface area contributed by atoms with E-state index >= 15 is 0 Å². The van der Waals surface area contributed by atoms with E-state index in [9.17, 15) is 0 Å². The van der Waals surface area contributed by atoms with E-state index in [1.807, 2.05) is 24.5 Å². The molecule has 3 nitrogen and oxygen atoms in total. The predicted molar refractivity (Wildman–Crippen MR) is 92.9 cm³/mol. The smallest absolute Gasteiger partial charge is 0.131 e. The standard InChI is InChI=1S/C20H25NO2/c1-4-19-18-13-21-10-9-16(18)17-8-7-15(12-20(17)23-19)22-11-5-6-14(2)3/h7-10,12-14,19H,4-6,11H2,1-3H3. The normalized spacial score (nSPS) is 15.7. The van der Waals surface area contributed by atoms with Gasteiger partial charge >= 0.3 is 0 Å². The largest absolute Gasteiger partial charge is 0.493 e. The van der Waals surface area contributed by atoms with Gasteiger partial charge in [-0.25, -0.2) is 0 Å². The van der Waals surface area contributed by atoms with Gasteiger partial charge in [-0.1, -0.05) is 20.8 Å². The van der Waals surface area contributed by atoms with Gasteiger partial charge in [-0.2, -0.15) is 0 Å². The van der Waals surface area contributed by atoms with Crippen LogP contribution in [-0.4, -0.2) is 11.6 Å². The van der Waals surface area contributed by atoms with Crippen LogP contribution in [0.1, 0.15) is 51.7 Å². The highest BCUT2D eigenvalue weighted by Gasteiger charge is 2.25. The molecule has 1 atom stereocenters. The number of hydrogen-bond acceptors (Lipinski definition) is 3. The van der Waals surface area contributed by atoms with Gasteiger partial charge in [-0.3, -0.25) is 4.98 Å². The summed E-state index contributed by atoms with van der Waals surface area (Å²) in [5.41, 5.74) is 3.52. The minimum atomic E-state index is 0.0717. The van der Waals surface area contributed by atoms with Gasteiger partial charge in [-0.15, -0.1) is 0 Å². The maximum Gasteiger partial charge on any atom is 0.131 e. The van der Waals surface area contributed by atoms with Crippen molar-refractivity contribution in [3.63, 3.8) is 0 Å². The van der Waals surface area contributed by atoms with Crippen LogP contribution in [0, 0.1) is 5.92 Å². The summed E-state index contributed by atoms with van der Waals surface area (Å²) >= 11 is 0. The molecule has 0 fully saturated rings. The van der Waals surface area contributed by atoms with E-state index in [0.29, 0.717) is 0 Å². The molecule has 0 aliphatic carbocycles. The Morgan fingerprint density at radius 1 is 1.22 bits per heavy atom. The zero-order valence-corrected chi connectivity index (χ0v) is 14.2. The van der Waals surface area contributed by atoms with E-state index in [1.54, 1.807) is 0 Å². The second kappa shape index (κ2) is 7.03. The van der Waals surface area contributed by atoms with Gasteiger partial charge in [0.1, 0.15) is 17.6 Å². The lowest BCUT2D eigenvalue weighted by atomic mass is 9.93. The Morgan fingerprint density at radius 3 is 2.87 bits per heavy atom. The monoisotopic (exact) mass is 311 g/mol. The third kappa shape index (κ3) is 3.49. The molecule has 0 saturated carbocycles. The Balaban J connectivity index is 1.79. The van der Waals surface area contributed by atoms with E-state index in [-0.39, 0.29) is 6.10 Å². The summed E-state index contributed by atoms with van der Waals surface area (Å²) in [5, 5.41) is 0. The highest BCUT2D eigenvalue weighted by Crippen LogP contribution is 2.44. The number of ether oxygens (including phenoxy) is 2. The topological polar surface area (TPSA) is 31.4 Å². The van der Waals surface area contributed by atoms with E-state index < -0.39 is 0 Å². The van der Waals surface area contributed by atoms with E-state index in [4.69, 9.17) is 9.47 Å². The Hall–Kier alpha value is -2.03. The average Bonchev–Trinajstić information content (AvgIpc) is 2.57.